The molecule has 4 nitrogen and oxygen atoms in total. The van der Waals surface area contributed by atoms with Gasteiger partial charge >= 0.3 is 5.97 Å². The molecule has 1 N–H and O–H groups in total. The van der Waals surface area contributed by atoms with E-state index in [0.29, 0.717) is 0 Å². The zero-order chi connectivity index (χ0) is 13.7. The number of ether oxygens (including phenoxy) is 1. The molecule has 0 aliphatic carbocycles. The molecular weight excluding hydrogens is 240 g/mol. The average molecular weight is 262 g/mol. The second kappa shape index (κ2) is 6.68. The van der Waals surface area contributed by atoms with Crippen LogP contribution in [0.25, 0.3) is 0 Å². The molecule has 0 aromatic heterocycles. The molecule has 0 saturated carbocycles. The molecule has 0 spiro atoms. The lowest BCUT2D eigenvalue weighted by atomic mass is 10.0. The van der Waals surface area contributed by atoms with Gasteiger partial charge in [-0.25, -0.2) is 4.79 Å². The maximum atomic E-state index is 12.2. The standard InChI is InChI=1S/C15H22N2O2/c1-12-5-3-6-13(11-12)14(15(18)19-2)17-9-4-7-16-8-10-17/h3,5-6,11,14,16H,4,7-10H2,1-2H3. The first-order valence-corrected chi connectivity index (χ1v) is 6.81. The maximum absolute atomic E-state index is 12.2. The van der Waals surface area contributed by atoms with E-state index in [9.17, 15) is 4.79 Å². The van der Waals surface area contributed by atoms with E-state index in [2.05, 4.69) is 16.3 Å². The first-order valence-electron chi connectivity index (χ1n) is 6.81. The summed E-state index contributed by atoms with van der Waals surface area (Å²) >= 11 is 0. The van der Waals surface area contributed by atoms with Crippen LogP contribution in [0.5, 0.6) is 0 Å². The van der Waals surface area contributed by atoms with Crippen LogP contribution in [0.2, 0.25) is 0 Å². The Morgan fingerprint density at radius 1 is 1.37 bits per heavy atom. The third kappa shape index (κ3) is 3.55. The van der Waals surface area contributed by atoms with E-state index in [4.69, 9.17) is 4.74 Å². The van der Waals surface area contributed by atoms with Gasteiger partial charge in [0.1, 0.15) is 6.04 Å². The molecule has 1 saturated heterocycles. The molecule has 1 aromatic rings. The van der Waals surface area contributed by atoms with Crippen LogP contribution in [0.4, 0.5) is 0 Å². The van der Waals surface area contributed by atoms with Crippen molar-refractivity contribution >= 4 is 5.97 Å². The third-order valence-electron chi connectivity index (χ3n) is 3.52. The number of esters is 1. The lowest BCUT2D eigenvalue weighted by molar-refractivity contribution is -0.147. The molecular formula is C15H22N2O2. The van der Waals surface area contributed by atoms with Gasteiger partial charge in [-0.1, -0.05) is 29.8 Å². The topological polar surface area (TPSA) is 41.6 Å². The van der Waals surface area contributed by atoms with E-state index in [-0.39, 0.29) is 12.0 Å². The van der Waals surface area contributed by atoms with Crippen molar-refractivity contribution in [1.82, 2.24) is 10.2 Å². The molecule has 1 fully saturated rings. The quantitative estimate of drug-likeness (QED) is 0.838. The van der Waals surface area contributed by atoms with Crippen molar-refractivity contribution in [1.29, 1.82) is 0 Å². The number of rotatable bonds is 3. The number of methoxy groups -OCH3 is 1. The summed E-state index contributed by atoms with van der Waals surface area (Å²) in [5, 5.41) is 3.36. The predicted molar refractivity (Wildman–Crippen MR) is 75.0 cm³/mol. The second-order valence-corrected chi connectivity index (χ2v) is 4.98. The number of carbonyl (C=O) groups excluding carboxylic acids is 1. The summed E-state index contributed by atoms with van der Waals surface area (Å²) in [4.78, 5) is 14.4. The molecule has 19 heavy (non-hydrogen) atoms. The molecule has 1 heterocycles. The normalized spacial score (nSPS) is 18.6. The Morgan fingerprint density at radius 2 is 2.21 bits per heavy atom. The lowest BCUT2D eigenvalue weighted by Crippen LogP contribution is -2.37. The largest absolute Gasteiger partial charge is 0.468 e. The number of nitrogens with one attached hydrogen (secondary N) is 1. The zero-order valence-electron chi connectivity index (χ0n) is 11.7. The second-order valence-electron chi connectivity index (χ2n) is 4.98. The Labute approximate surface area is 114 Å². The van der Waals surface area contributed by atoms with Gasteiger partial charge in [0, 0.05) is 19.6 Å². The molecule has 104 valence electrons. The molecule has 0 amide bonds. The fourth-order valence-electron chi connectivity index (χ4n) is 2.57. The fraction of sp³-hybridized carbons (Fsp3) is 0.533. The molecule has 0 bridgehead atoms. The molecule has 1 atom stereocenters. The first kappa shape index (κ1) is 14.0. The number of hydrogen-bond acceptors (Lipinski definition) is 4. The number of nitrogens with zero attached hydrogens (tertiary/aromatic N) is 1. The Kier molecular flexibility index (Phi) is 4.93. The van der Waals surface area contributed by atoms with Crippen LogP contribution in [0.1, 0.15) is 23.6 Å². The van der Waals surface area contributed by atoms with Crippen molar-refractivity contribution < 1.29 is 9.53 Å². The highest BCUT2D eigenvalue weighted by Crippen LogP contribution is 2.23. The minimum absolute atomic E-state index is 0.174. The summed E-state index contributed by atoms with van der Waals surface area (Å²) in [6, 6.07) is 7.83. The van der Waals surface area contributed by atoms with E-state index in [1.54, 1.807) is 0 Å². The van der Waals surface area contributed by atoms with Crippen molar-refractivity contribution in [3.63, 3.8) is 0 Å². The Balaban J connectivity index is 2.26. The van der Waals surface area contributed by atoms with E-state index in [1.807, 2.05) is 25.1 Å². The van der Waals surface area contributed by atoms with Gasteiger partial charge in [-0.2, -0.15) is 0 Å². The van der Waals surface area contributed by atoms with E-state index < -0.39 is 0 Å². The molecule has 1 aliphatic heterocycles. The Hall–Kier alpha value is -1.39. The van der Waals surface area contributed by atoms with Gasteiger partial charge in [-0.15, -0.1) is 0 Å². The molecule has 1 aliphatic rings. The fourth-order valence-corrected chi connectivity index (χ4v) is 2.57. The third-order valence-corrected chi connectivity index (χ3v) is 3.52. The van der Waals surface area contributed by atoms with Gasteiger partial charge < -0.3 is 10.1 Å². The van der Waals surface area contributed by atoms with Gasteiger partial charge in [0.2, 0.25) is 0 Å². The predicted octanol–water partition coefficient (Wildman–Crippen LogP) is 1.50. The Bertz CT molecular complexity index is 426. The highest BCUT2D eigenvalue weighted by atomic mass is 16.5. The van der Waals surface area contributed by atoms with Crippen LogP contribution in [-0.2, 0) is 9.53 Å². The monoisotopic (exact) mass is 262 g/mol. The minimum atomic E-state index is -0.287. The smallest absolute Gasteiger partial charge is 0.327 e. The van der Waals surface area contributed by atoms with Crippen LogP contribution in [-0.4, -0.2) is 44.2 Å². The highest BCUT2D eigenvalue weighted by Gasteiger charge is 2.28. The molecule has 4 heteroatoms. The zero-order valence-corrected chi connectivity index (χ0v) is 11.7. The number of benzene rings is 1. The molecule has 1 unspecified atom stereocenters. The van der Waals surface area contributed by atoms with Crippen LogP contribution >= 0.6 is 0 Å². The van der Waals surface area contributed by atoms with Gasteiger partial charge in [-0.3, -0.25) is 4.90 Å². The summed E-state index contributed by atoms with van der Waals surface area (Å²) < 4.78 is 5.00. The number of carbonyl (C=O) groups is 1. The van der Waals surface area contributed by atoms with Crippen molar-refractivity contribution in [3.05, 3.63) is 35.4 Å². The van der Waals surface area contributed by atoms with Gasteiger partial charge in [0.25, 0.3) is 0 Å². The Morgan fingerprint density at radius 3 is 2.95 bits per heavy atom. The van der Waals surface area contributed by atoms with Crippen LogP contribution in [0, 0.1) is 6.92 Å². The van der Waals surface area contributed by atoms with Crippen LogP contribution in [0.15, 0.2) is 24.3 Å². The van der Waals surface area contributed by atoms with E-state index in [1.165, 1.54) is 12.7 Å². The molecule has 1 aromatic carbocycles. The summed E-state index contributed by atoms with van der Waals surface area (Å²) in [6.45, 7) is 5.76. The summed E-state index contributed by atoms with van der Waals surface area (Å²) in [5.41, 5.74) is 2.19. The number of aryl methyl sites for hydroxylation is 1. The van der Waals surface area contributed by atoms with Gasteiger partial charge in [0.05, 0.1) is 7.11 Å². The minimum Gasteiger partial charge on any atom is -0.468 e. The average Bonchev–Trinajstić information content (AvgIpc) is 2.68. The van der Waals surface area contributed by atoms with Crippen molar-refractivity contribution in [2.45, 2.75) is 19.4 Å². The van der Waals surface area contributed by atoms with E-state index in [0.717, 1.165) is 38.2 Å². The van der Waals surface area contributed by atoms with Crippen molar-refractivity contribution in [2.75, 3.05) is 33.3 Å². The maximum Gasteiger partial charge on any atom is 0.327 e. The molecule has 2 rings (SSSR count). The SMILES string of the molecule is COC(=O)C(c1cccc(C)c1)N1CCCNCC1. The first-order chi connectivity index (χ1) is 9.22. The van der Waals surface area contributed by atoms with Crippen molar-refractivity contribution in [3.8, 4) is 0 Å². The number of hydrogen-bond donors (Lipinski definition) is 1. The summed E-state index contributed by atoms with van der Waals surface area (Å²) in [6.07, 6.45) is 1.05. The van der Waals surface area contributed by atoms with E-state index >= 15 is 0 Å². The summed E-state index contributed by atoms with van der Waals surface area (Å²) in [7, 11) is 1.46. The summed E-state index contributed by atoms with van der Waals surface area (Å²) in [5.74, 6) is -0.174. The van der Waals surface area contributed by atoms with Crippen LogP contribution in [0.3, 0.4) is 0 Å². The van der Waals surface area contributed by atoms with Gasteiger partial charge in [-0.05, 0) is 25.5 Å². The van der Waals surface area contributed by atoms with Crippen molar-refractivity contribution in [2.24, 2.45) is 0 Å². The lowest BCUT2D eigenvalue weighted by Gasteiger charge is -2.28. The van der Waals surface area contributed by atoms with Crippen LogP contribution < -0.4 is 5.32 Å². The highest BCUT2D eigenvalue weighted by molar-refractivity contribution is 5.77. The molecule has 0 radical (unpaired) electrons. The van der Waals surface area contributed by atoms with Gasteiger partial charge in [0.15, 0.2) is 0 Å².